The summed E-state index contributed by atoms with van der Waals surface area (Å²) < 4.78 is 23.4. The van der Waals surface area contributed by atoms with Gasteiger partial charge >= 0.3 is 0 Å². The Balaban J connectivity index is 2.39. The fourth-order valence-corrected chi connectivity index (χ4v) is 3.89. The summed E-state index contributed by atoms with van der Waals surface area (Å²) in [5.41, 5.74) is 1.17. The molecule has 2 atom stereocenters. The largest absolute Gasteiger partial charge is 0.317 e. The van der Waals surface area contributed by atoms with Crippen molar-refractivity contribution in [1.82, 2.24) is 5.32 Å². The van der Waals surface area contributed by atoms with Gasteiger partial charge in [-0.05, 0) is 49.5 Å². The van der Waals surface area contributed by atoms with Crippen LogP contribution in [0, 0.1) is 0 Å². The van der Waals surface area contributed by atoms with E-state index in [9.17, 15) is 8.42 Å². The lowest BCUT2D eigenvalue weighted by Gasteiger charge is -2.24. The Hall–Kier alpha value is -0.520. The summed E-state index contributed by atoms with van der Waals surface area (Å²) in [5.74, 6) is 0.476. The summed E-state index contributed by atoms with van der Waals surface area (Å²) in [7, 11) is -2.04. The van der Waals surface area contributed by atoms with Gasteiger partial charge in [0.2, 0.25) is 0 Å². The lowest BCUT2D eigenvalue weighted by molar-refractivity contribution is 0.455. The molecule has 0 amide bonds. The van der Waals surface area contributed by atoms with Gasteiger partial charge in [-0.15, -0.1) is 0 Å². The third kappa shape index (κ3) is 3.08. The number of benzene rings is 1. The lowest BCUT2D eigenvalue weighted by atomic mass is 9.90. The van der Waals surface area contributed by atoms with Gasteiger partial charge in [-0.1, -0.05) is 6.07 Å². The maximum atomic E-state index is 11.9. The lowest BCUT2D eigenvalue weighted by Crippen LogP contribution is -2.27. The fourth-order valence-electron chi connectivity index (χ4n) is 2.41. The quantitative estimate of drug-likeness (QED) is 0.918. The van der Waals surface area contributed by atoms with E-state index in [1.54, 1.807) is 12.5 Å². The van der Waals surface area contributed by atoms with E-state index >= 15 is 0 Å². The van der Waals surface area contributed by atoms with Crippen molar-refractivity contribution >= 4 is 21.6 Å². The molecule has 0 radical (unpaired) electrons. The highest BCUT2D eigenvalue weighted by atomic mass is 32.2. The second-order valence-electron chi connectivity index (χ2n) is 4.63. The molecule has 100 valence electrons. The Bertz CT molecular complexity index is 482. The molecular weight excluding hydrogens is 266 g/mol. The van der Waals surface area contributed by atoms with Crippen molar-refractivity contribution in [2.75, 3.05) is 25.6 Å². The summed E-state index contributed by atoms with van der Waals surface area (Å²) in [6, 6.07) is 5.77. The average Bonchev–Trinajstić information content (AvgIpc) is 2.39. The summed E-state index contributed by atoms with van der Waals surface area (Å²) in [6.45, 7) is 2.03. The second kappa shape index (κ2) is 6.08. The third-order valence-electron chi connectivity index (χ3n) is 3.41. The zero-order chi connectivity index (χ0) is 13.1. The number of nitrogens with one attached hydrogen (secondary N) is 1. The smallest absolute Gasteiger partial charge is 0.0501 e. The van der Waals surface area contributed by atoms with E-state index < -0.39 is 21.6 Å². The monoisotopic (exact) mass is 285 g/mol. The van der Waals surface area contributed by atoms with Gasteiger partial charge < -0.3 is 5.32 Å². The van der Waals surface area contributed by atoms with Gasteiger partial charge in [-0.2, -0.15) is 0 Å². The van der Waals surface area contributed by atoms with Crippen LogP contribution in [0.15, 0.2) is 28.0 Å². The summed E-state index contributed by atoms with van der Waals surface area (Å²) in [6.07, 6.45) is 5.52. The first-order valence-electron chi connectivity index (χ1n) is 6.11. The van der Waals surface area contributed by atoms with Gasteiger partial charge in [0.05, 0.1) is 10.8 Å². The molecule has 2 rings (SSSR count). The maximum Gasteiger partial charge on any atom is 0.0501 e. The standard InChI is InChI=1S/C13H19NO2S2/c1-17(15)11-3-4-12(13(9-11)18(2)16)10-5-7-14-8-6-10/h3-4,9-10,14H,5-8H2,1-2H3. The fraction of sp³-hybridized carbons (Fsp3) is 0.538. The Morgan fingerprint density at radius 1 is 1.11 bits per heavy atom. The normalized spacial score (nSPS) is 20.6. The van der Waals surface area contributed by atoms with E-state index in [1.807, 2.05) is 18.2 Å². The first kappa shape index (κ1) is 13.9. The first-order valence-corrected chi connectivity index (χ1v) is 9.22. The number of rotatable bonds is 3. The number of piperidine rings is 1. The van der Waals surface area contributed by atoms with Crippen molar-refractivity contribution in [3.63, 3.8) is 0 Å². The van der Waals surface area contributed by atoms with Crippen LogP contribution in [0.2, 0.25) is 0 Å². The minimum Gasteiger partial charge on any atom is -0.317 e. The summed E-state index contributed by atoms with van der Waals surface area (Å²) in [4.78, 5) is 1.62. The van der Waals surface area contributed by atoms with Gasteiger partial charge in [0, 0.05) is 33.1 Å². The molecule has 1 N–H and O–H groups in total. The molecule has 1 aliphatic heterocycles. The Morgan fingerprint density at radius 3 is 2.33 bits per heavy atom. The van der Waals surface area contributed by atoms with Crippen molar-refractivity contribution in [2.45, 2.75) is 28.6 Å². The highest BCUT2D eigenvalue weighted by molar-refractivity contribution is 7.85. The van der Waals surface area contributed by atoms with Crippen LogP contribution < -0.4 is 5.32 Å². The van der Waals surface area contributed by atoms with Gasteiger partial charge in [0.25, 0.3) is 0 Å². The molecule has 1 fully saturated rings. The van der Waals surface area contributed by atoms with Gasteiger partial charge in [-0.25, -0.2) is 0 Å². The molecule has 0 spiro atoms. The van der Waals surface area contributed by atoms with Crippen molar-refractivity contribution < 1.29 is 8.42 Å². The molecule has 1 heterocycles. The molecule has 0 aliphatic carbocycles. The molecule has 0 aromatic heterocycles. The summed E-state index contributed by atoms with van der Waals surface area (Å²) in [5, 5.41) is 3.34. The van der Waals surface area contributed by atoms with Crippen molar-refractivity contribution in [3.05, 3.63) is 23.8 Å². The molecule has 0 saturated carbocycles. The van der Waals surface area contributed by atoms with Crippen LogP contribution in [0.25, 0.3) is 0 Å². The van der Waals surface area contributed by atoms with Crippen LogP contribution in [-0.4, -0.2) is 34.0 Å². The predicted octanol–water partition coefficient (Wildman–Crippen LogP) is 1.63. The van der Waals surface area contributed by atoms with Crippen LogP contribution in [0.5, 0.6) is 0 Å². The Labute approximate surface area is 113 Å². The van der Waals surface area contributed by atoms with E-state index in [0.29, 0.717) is 5.92 Å². The van der Waals surface area contributed by atoms with Crippen molar-refractivity contribution in [3.8, 4) is 0 Å². The van der Waals surface area contributed by atoms with Crippen LogP contribution in [0.1, 0.15) is 24.3 Å². The van der Waals surface area contributed by atoms with Gasteiger partial charge in [0.15, 0.2) is 0 Å². The summed E-state index contributed by atoms with van der Waals surface area (Å²) >= 11 is 0. The van der Waals surface area contributed by atoms with Gasteiger partial charge in [-0.3, -0.25) is 8.42 Å². The van der Waals surface area contributed by atoms with Crippen molar-refractivity contribution in [1.29, 1.82) is 0 Å². The van der Waals surface area contributed by atoms with E-state index in [-0.39, 0.29) is 0 Å². The zero-order valence-corrected chi connectivity index (χ0v) is 12.4. The first-order chi connectivity index (χ1) is 8.59. The zero-order valence-electron chi connectivity index (χ0n) is 10.8. The van der Waals surface area contributed by atoms with E-state index in [2.05, 4.69) is 5.32 Å². The van der Waals surface area contributed by atoms with Crippen molar-refractivity contribution in [2.24, 2.45) is 0 Å². The molecule has 18 heavy (non-hydrogen) atoms. The molecule has 3 nitrogen and oxygen atoms in total. The van der Waals surface area contributed by atoms with Crippen LogP contribution in [0.3, 0.4) is 0 Å². The van der Waals surface area contributed by atoms with Crippen LogP contribution >= 0.6 is 0 Å². The van der Waals surface area contributed by atoms with E-state index in [4.69, 9.17) is 0 Å². The average molecular weight is 285 g/mol. The number of hydrogen-bond donors (Lipinski definition) is 1. The maximum absolute atomic E-state index is 11.9. The molecule has 1 saturated heterocycles. The molecule has 1 aliphatic rings. The second-order valence-corrected chi connectivity index (χ2v) is 7.36. The molecule has 5 heteroatoms. The van der Waals surface area contributed by atoms with Crippen LogP contribution in [0.4, 0.5) is 0 Å². The van der Waals surface area contributed by atoms with E-state index in [1.165, 1.54) is 5.56 Å². The predicted molar refractivity (Wildman–Crippen MR) is 76.0 cm³/mol. The minimum absolute atomic E-state index is 0.476. The molecule has 2 unspecified atom stereocenters. The number of hydrogen-bond acceptors (Lipinski definition) is 3. The molecular formula is C13H19NO2S2. The highest BCUT2D eigenvalue weighted by Crippen LogP contribution is 2.30. The highest BCUT2D eigenvalue weighted by Gasteiger charge is 2.20. The van der Waals surface area contributed by atoms with E-state index in [0.717, 1.165) is 35.7 Å². The molecule has 1 aromatic rings. The third-order valence-corrected chi connectivity index (χ3v) is 5.30. The van der Waals surface area contributed by atoms with Gasteiger partial charge in [0.1, 0.15) is 0 Å². The molecule has 0 bridgehead atoms. The Kier molecular flexibility index (Phi) is 4.70. The Morgan fingerprint density at radius 2 is 1.78 bits per heavy atom. The molecule has 1 aromatic carbocycles. The minimum atomic E-state index is -1.02. The van der Waals surface area contributed by atoms with Crippen LogP contribution in [-0.2, 0) is 21.6 Å². The SMILES string of the molecule is CS(=O)c1ccc(C2CCNCC2)c(S(C)=O)c1. The topological polar surface area (TPSA) is 46.2 Å².